The summed E-state index contributed by atoms with van der Waals surface area (Å²) in [6.07, 6.45) is 0. The Balaban J connectivity index is 4.12. The molecule has 0 spiro atoms. The molecule has 0 unspecified atom stereocenters. The van der Waals surface area contributed by atoms with Crippen LogP contribution in [0.15, 0.2) is 0 Å². The minimum Gasteiger partial charge on any atom is -0.480 e. The first-order chi connectivity index (χ1) is 8.56. The standard InChI is InChI=1S/C10H20N2O6/c1-2-12(3-5-18-6-4-13)10(17)11-8(7-14)9(15)16/h8,13-14H,2-7H2,1H3,(H,11,17)(H,15,16)/t8-/m0/s1. The highest BCUT2D eigenvalue weighted by Gasteiger charge is 2.21. The van der Waals surface area contributed by atoms with Crippen LogP contribution < -0.4 is 5.32 Å². The maximum absolute atomic E-state index is 11.6. The van der Waals surface area contributed by atoms with Gasteiger partial charge in [0.05, 0.1) is 26.4 Å². The SMILES string of the molecule is CCN(CCOCCO)C(=O)N[C@@H](CO)C(=O)O. The van der Waals surface area contributed by atoms with Gasteiger partial charge in [-0.2, -0.15) is 0 Å². The molecule has 2 amide bonds. The molecule has 0 heterocycles. The van der Waals surface area contributed by atoms with E-state index in [1.807, 2.05) is 0 Å². The van der Waals surface area contributed by atoms with E-state index in [1.54, 1.807) is 6.92 Å². The predicted molar refractivity (Wildman–Crippen MR) is 62.2 cm³/mol. The molecular weight excluding hydrogens is 244 g/mol. The number of aliphatic hydroxyl groups excluding tert-OH is 2. The third kappa shape index (κ3) is 6.38. The maximum Gasteiger partial charge on any atom is 0.328 e. The van der Waals surface area contributed by atoms with Gasteiger partial charge in [0, 0.05) is 13.1 Å². The number of nitrogens with one attached hydrogen (secondary N) is 1. The van der Waals surface area contributed by atoms with Crippen molar-refractivity contribution >= 4 is 12.0 Å². The third-order valence-electron chi connectivity index (χ3n) is 2.19. The zero-order valence-corrected chi connectivity index (χ0v) is 10.3. The quantitative estimate of drug-likeness (QED) is 0.375. The van der Waals surface area contributed by atoms with Crippen LogP contribution in [0.5, 0.6) is 0 Å². The maximum atomic E-state index is 11.6. The zero-order chi connectivity index (χ0) is 14.0. The van der Waals surface area contributed by atoms with Crippen LogP contribution in [0.1, 0.15) is 6.92 Å². The molecule has 0 fully saturated rings. The molecule has 0 bridgehead atoms. The molecule has 0 aliphatic heterocycles. The van der Waals surface area contributed by atoms with Gasteiger partial charge >= 0.3 is 12.0 Å². The van der Waals surface area contributed by atoms with Crippen LogP contribution in [0.25, 0.3) is 0 Å². The summed E-state index contributed by atoms with van der Waals surface area (Å²) in [5, 5.41) is 28.1. The summed E-state index contributed by atoms with van der Waals surface area (Å²) < 4.78 is 5.01. The van der Waals surface area contributed by atoms with E-state index in [0.717, 1.165) is 0 Å². The van der Waals surface area contributed by atoms with Crippen molar-refractivity contribution in [2.75, 3.05) is 39.5 Å². The van der Waals surface area contributed by atoms with Gasteiger partial charge in [0.2, 0.25) is 0 Å². The number of amides is 2. The van der Waals surface area contributed by atoms with Gasteiger partial charge in [-0.1, -0.05) is 0 Å². The summed E-state index contributed by atoms with van der Waals surface area (Å²) in [4.78, 5) is 23.6. The Bertz CT molecular complexity index is 261. The van der Waals surface area contributed by atoms with E-state index >= 15 is 0 Å². The van der Waals surface area contributed by atoms with Crippen molar-refractivity contribution in [1.82, 2.24) is 10.2 Å². The highest BCUT2D eigenvalue weighted by atomic mass is 16.5. The fraction of sp³-hybridized carbons (Fsp3) is 0.800. The van der Waals surface area contributed by atoms with Crippen LogP contribution in [0.2, 0.25) is 0 Å². The summed E-state index contributed by atoms with van der Waals surface area (Å²) in [7, 11) is 0. The number of hydrogen-bond donors (Lipinski definition) is 4. The number of carboxylic acid groups (broad SMARTS) is 1. The lowest BCUT2D eigenvalue weighted by molar-refractivity contribution is -0.140. The molecule has 0 aliphatic carbocycles. The zero-order valence-electron chi connectivity index (χ0n) is 10.3. The van der Waals surface area contributed by atoms with Gasteiger partial charge in [0.25, 0.3) is 0 Å². The molecule has 0 radical (unpaired) electrons. The molecule has 0 aromatic heterocycles. The number of ether oxygens (including phenoxy) is 1. The van der Waals surface area contributed by atoms with E-state index in [2.05, 4.69) is 5.32 Å². The number of carboxylic acids is 1. The van der Waals surface area contributed by atoms with E-state index in [4.69, 9.17) is 20.1 Å². The molecule has 0 aromatic carbocycles. The topological polar surface area (TPSA) is 119 Å². The van der Waals surface area contributed by atoms with Crippen LogP contribution >= 0.6 is 0 Å². The Labute approximate surface area is 105 Å². The van der Waals surface area contributed by atoms with E-state index in [9.17, 15) is 9.59 Å². The molecular formula is C10H20N2O6. The van der Waals surface area contributed by atoms with Crippen molar-refractivity contribution in [3.8, 4) is 0 Å². The monoisotopic (exact) mass is 264 g/mol. The molecule has 1 atom stereocenters. The van der Waals surface area contributed by atoms with Crippen molar-refractivity contribution in [3.63, 3.8) is 0 Å². The molecule has 0 aliphatic rings. The van der Waals surface area contributed by atoms with Crippen LogP contribution in [-0.2, 0) is 9.53 Å². The summed E-state index contributed by atoms with van der Waals surface area (Å²) in [5.41, 5.74) is 0. The third-order valence-corrected chi connectivity index (χ3v) is 2.19. The highest BCUT2D eigenvalue weighted by molar-refractivity contribution is 5.82. The predicted octanol–water partition coefficient (Wildman–Crippen LogP) is -1.53. The van der Waals surface area contributed by atoms with Crippen LogP contribution in [-0.4, -0.2) is 77.8 Å². The van der Waals surface area contributed by atoms with E-state index < -0.39 is 24.6 Å². The van der Waals surface area contributed by atoms with Crippen LogP contribution in [0, 0.1) is 0 Å². The lowest BCUT2D eigenvalue weighted by atomic mass is 10.3. The number of urea groups is 1. The summed E-state index contributed by atoms with van der Waals surface area (Å²) >= 11 is 0. The fourth-order valence-corrected chi connectivity index (χ4v) is 1.17. The summed E-state index contributed by atoms with van der Waals surface area (Å²) in [6, 6.07) is -1.89. The molecule has 0 aromatic rings. The Kier molecular flexibility index (Phi) is 8.89. The minimum absolute atomic E-state index is 0.0933. The lowest BCUT2D eigenvalue weighted by Gasteiger charge is -2.23. The molecule has 0 saturated carbocycles. The van der Waals surface area contributed by atoms with Crippen molar-refractivity contribution in [3.05, 3.63) is 0 Å². The lowest BCUT2D eigenvalue weighted by Crippen LogP contribution is -2.50. The number of nitrogens with zero attached hydrogens (tertiary/aromatic N) is 1. The first kappa shape index (κ1) is 16.6. The van der Waals surface area contributed by atoms with Crippen molar-refractivity contribution in [1.29, 1.82) is 0 Å². The number of carbonyl (C=O) groups excluding carboxylic acids is 1. The highest BCUT2D eigenvalue weighted by Crippen LogP contribution is 1.93. The first-order valence-electron chi connectivity index (χ1n) is 5.64. The van der Waals surface area contributed by atoms with Gasteiger partial charge in [0.15, 0.2) is 6.04 Å². The second-order valence-corrected chi connectivity index (χ2v) is 3.44. The molecule has 106 valence electrons. The van der Waals surface area contributed by atoms with E-state index in [0.29, 0.717) is 6.54 Å². The van der Waals surface area contributed by atoms with E-state index in [1.165, 1.54) is 4.90 Å². The van der Waals surface area contributed by atoms with E-state index in [-0.39, 0.29) is 26.4 Å². The Hall–Kier alpha value is -1.38. The summed E-state index contributed by atoms with van der Waals surface area (Å²) in [5.74, 6) is -1.29. The second-order valence-electron chi connectivity index (χ2n) is 3.44. The molecule has 18 heavy (non-hydrogen) atoms. The van der Waals surface area contributed by atoms with Gasteiger partial charge in [-0.25, -0.2) is 9.59 Å². The molecule has 8 nitrogen and oxygen atoms in total. The average Bonchev–Trinajstić information content (AvgIpc) is 2.35. The van der Waals surface area contributed by atoms with Crippen molar-refractivity contribution in [2.24, 2.45) is 0 Å². The largest absolute Gasteiger partial charge is 0.480 e. The number of rotatable bonds is 9. The first-order valence-corrected chi connectivity index (χ1v) is 5.64. The van der Waals surface area contributed by atoms with Gasteiger partial charge in [-0.3, -0.25) is 0 Å². The van der Waals surface area contributed by atoms with Crippen LogP contribution in [0.4, 0.5) is 4.79 Å². The number of carbonyl (C=O) groups is 2. The molecule has 0 saturated heterocycles. The Morgan fingerprint density at radius 1 is 1.33 bits per heavy atom. The second kappa shape index (κ2) is 9.63. The molecule has 0 rings (SSSR count). The molecule has 8 heteroatoms. The smallest absolute Gasteiger partial charge is 0.328 e. The van der Waals surface area contributed by atoms with Gasteiger partial charge in [-0.05, 0) is 6.92 Å². The Morgan fingerprint density at radius 2 is 2.00 bits per heavy atom. The van der Waals surface area contributed by atoms with Gasteiger partial charge in [0.1, 0.15) is 0 Å². The van der Waals surface area contributed by atoms with Crippen molar-refractivity contribution < 1.29 is 29.6 Å². The Morgan fingerprint density at radius 3 is 2.44 bits per heavy atom. The number of aliphatic carboxylic acids is 1. The fourth-order valence-electron chi connectivity index (χ4n) is 1.17. The normalized spacial score (nSPS) is 11.9. The molecule has 4 N–H and O–H groups in total. The van der Waals surface area contributed by atoms with Gasteiger partial charge in [-0.15, -0.1) is 0 Å². The number of aliphatic hydroxyl groups is 2. The van der Waals surface area contributed by atoms with Crippen molar-refractivity contribution in [2.45, 2.75) is 13.0 Å². The number of hydrogen-bond acceptors (Lipinski definition) is 5. The average molecular weight is 264 g/mol. The summed E-state index contributed by atoms with van der Waals surface area (Å²) in [6.45, 7) is 2.07. The van der Waals surface area contributed by atoms with Gasteiger partial charge < -0.3 is 30.3 Å². The number of likely N-dealkylation sites (N-methyl/N-ethyl adjacent to an activating group) is 1. The minimum atomic E-state index is -1.31. The van der Waals surface area contributed by atoms with Crippen LogP contribution in [0.3, 0.4) is 0 Å².